The second kappa shape index (κ2) is 3.81. The van der Waals surface area contributed by atoms with Crippen molar-refractivity contribution in [3.8, 4) is 5.75 Å². The number of halogens is 1. The third-order valence-electron chi connectivity index (χ3n) is 3.27. The van der Waals surface area contributed by atoms with Crippen LogP contribution in [0.4, 0.5) is 4.39 Å². The lowest BCUT2D eigenvalue weighted by molar-refractivity contribution is 0.0694. The summed E-state index contributed by atoms with van der Waals surface area (Å²) in [6.45, 7) is 2.18. The fourth-order valence-electron chi connectivity index (χ4n) is 2.34. The number of carboxylic acid groups (broad SMARTS) is 1. The van der Waals surface area contributed by atoms with E-state index in [1.165, 1.54) is 12.1 Å². The van der Waals surface area contributed by atoms with Crippen LogP contribution in [-0.4, -0.2) is 22.1 Å². The smallest absolute Gasteiger partial charge is 0.341 e. The van der Waals surface area contributed by atoms with Gasteiger partial charge < -0.3 is 9.84 Å². The predicted octanol–water partition coefficient (Wildman–Crippen LogP) is 1.63. The molecule has 1 aliphatic heterocycles. The molecule has 0 aliphatic carbocycles. The SMILES string of the molecule is CC1COc2cc(F)cn3c(=O)c(C(=O)O)cc1c23. The first-order valence-corrected chi connectivity index (χ1v) is 5.74. The van der Waals surface area contributed by atoms with Crippen molar-refractivity contribution in [1.82, 2.24) is 4.40 Å². The molecule has 0 bridgehead atoms. The molecule has 1 unspecified atom stereocenters. The molecular formula is C13H10FNO4. The van der Waals surface area contributed by atoms with E-state index >= 15 is 0 Å². The van der Waals surface area contributed by atoms with Gasteiger partial charge >= 0.3 is 5.97 Å². The molecule has 3 heterocycles. The number of aromatic nitrogens is 1. The number of rotatable bonds is 1. The van der Waals surface area contributed by atoms with Gasteiger partial charge in [-0.15, -0.1) is 0 Å². The molecule has 0 fully saturated rings. The highest BCUT2D eigenvalue weighted by Crippen LogP contribution is 2.33. The second-order valence-electron chi connectivity index (χ2n) is 4.58. The van der Waals surface area contributed by atoms with Gasteiger partial charge in [0.2, 0.25) is 0 Å². The Morgan fingerprint density at radius 2 is 2.26 bits per heavy atom. The summed E-state index contributed by atoms with van der Waals surface area (Å²) in [5.41, 5.74) is -0.00380. The molecular weight excluding hydrogens is 253 g/mol. The molecule has 19 heavy (non-hydrogen) atoms. The highest BCUT2D eigenvalue weighted by atomic mass is 19.1. The van der Waals surface area contributed by atoms with E-state index in [2.05, 4.69) is 0 Å². The third kappa shape index (κ3) is 1.60. The summed E-state index contributed by atoms with van der Waals surface area (Å²) in [6, 6.07) is 2.55. The maximum atomic E-state index is 13.5. The van der Waals surface area contributed by atoms with Crippen LogP contribution in [-0.2, 0) is 0 Å². The summed E-state index contributed by atoms with van der Waals surface area (Å²) in [7, 11) is 0. The van der Waals surface area contributed by atoms with Gasteiger partial charge in [0.05, 0.1) is 12.1 Å². The van der Waals surface area contributed by atoms with Crippen molar-refractivity contribution in [3.05, 3.63) is 45.6 Å². The first-order chi connectivity index (χ1) is 8.99. The summed E-state index contributed by atoms with van der Waals surface area (Å²) in [5.74, 6) is -1.76. The molecule has 98 valence electrons. The van der Waals surface area contributed by atoms with Crippen molar-refractivity contribution in [1.29, 1.82) is 0 Å². The molecule has 0 amide bonds. The van der Waals surface area contributed by atoms with Gasteiger partial charge in [-0.1, -0.05) is 6.92 Å². The Kier molecular flexibility index (Phi) is 2.35. The van der Waals surface area contributed by atoms with Gasteiger partial charge in [0.15, 0.2) is 0 Å². The van der Waals surface area contributed by atoms with Crippen LogP contribution >= 0.6 is 0 Å². The third-order valence-corrected chi connectivity index (χ3v) is 3.27. The summed E-state index contributed by atoms with van der Waals surface area (Å²) < 4.78 is 19.9. The molecule has 2 aromatic heterocycles. The van der Waals surface area contributed by atoms with Crippen molar-refractivity contribution in [2.75, 3.05) is 6.61 Å². The van der Waals surface area contributed by atoms with E-state index in [0.29, 0.717) is 17.7 Å². The minimum atomic E-state index is -1.32. The van der Waals surface area contributed by atoms with E-state index < -0.39 is 17.3 Å². The van der Waals surface area contributed by atoms with Crippen LogP contribution in [0.15, 0.2) is 23.1 Å². The summed E-state index contributed by atoms with van der Waals surface area (Å²) in [4.78, 5) is 23.1. The standard InChI is InChI=1S/C13H10FNO4/c1-6-5-19-10-2-7(14)4-15-11(10)8(6)3-9(12(15)16)13(17)18/h2-4,6H,5H2,1H3,(H,17,18). The van der Waals surface area contributed by atoms with Crippen LogP contribution in [0.1, 0.15) is 28.8 Å². The first-order valence-electron chi connectivity index (χ1n) is 5.74. The molecule has 0 saturated heterocycles. The lowest BCUT2D eigenvalue weighted by Gasteiger charge is -2.24. The average molecular weight is 263 g/mol. The van der Waals surface area contributed by atoms with Crippen LogP contribution in [0.25, 0.3) is 5.52 Å². The van der Waals surface area contributed by atoms with Gasteiger partial charge in [-0.2, -0.15) is 0 Å². The zero-order chi connectivity index (χ0) is 13.7. The molecule has 5 nitrogen and oxygen atoms in total. The van der Waals surface area contributed by atoms with Crippen molar-refractivity contribution in [2.45, 2.75) is 12.8 Å². The number of carboxylic acids is 1. The molecule has 1 N–H and O–H groups in total. The largest absolute Gasteiger partial charge is 0.491 e. The quantitative estimate of drug-likeness (QED) is 0.849. The summed E-state index contributed by atoms with van der Waals surface area (Å²) in [5, 5.41) is 9.05. The van der Waals surface area contributed by atoms with Gasteiger partial charge in [0, 0.05) is 18.2 Å². The fraction of sp³-hybridized carbons (Fsp3) is 0.231. The number of hydrogen-bond acceptors (Lipinski definition) is 3. The highest BCUT2D eigenvalue weighted by Gasteiger charge is 2.25. The number of aromatic carboxylic acids is 1. The van der Waals surface area contributed by atoms with Crippen LogP contribution < -0.4 is 10.3 Å². The fourth-order valence-corrected chi connectivity index (χ4v) is 2.34. The topological polar surface area (TPSA) is 68.0 Å². The lowest BCUT2D eigenvalue weighted by atomic mass is 9.97. The Morgan fingerprint density at radius 1 is 1.53 bits per heavy atom. The normalized spacial score (nSPS) is 17.3. The first kappa shape index (κ1) is 11.7. The molecule has 2 aromatic rings. The molecule has 6 heteroatoms. The van der Waals surface area contributed by atoms with E-state index in [9.17, 15) is 14.0 Å². The van der Waals surface area contributed by atoms with Crippen LogP contribution in [0, 0.1) is 5.82 Å². The minimum absolute atomic E-state index is 0.0633. The molecule has 0 radical (unpaired) electrons. The number of ether oxygens (including phenoxy) is 1. The zero-order valence-electron chi connectivity index (χ0n) is 10.0. The highest BCUT2D eigenvalue weighted by molar-refractivity contribution is 5.89. The van der Waals surface area contributed by atoms with Gasteiger partial charge in [0.1, 0.15) is 17.1 Å². The second-order valence-corrected chi connectivity index (χ2v) is 4.58. The Hall–Kier alpha value is -2.37. The molecule has 0 aromatic carbocycles. The van der Waals surface area contributed by atoms with Crippen LogP contribution in [0.3, 0.4) is 0 Å². The lowest BCUT2D eigenvalue weighted by Crippen LogP contribution is -2.27. The van der Waals surface area contributed by atoms with Gasteiger partial charge in [0.25, 0.3) is 5.56 Å². The van der Waals surface area contributed by atoms with E-state index in [-0.39, 0.29) is 17.2 Å². The van der Waals surface area contributed by atoms with Crippen molar-refractivity contribution >= 4 is 11.5 Å². The van der Waals surface area contributed by atoms with Gasteiger partial charge in [-0.25, -0.2) is 9.18 Å². The van der Waals surface area contributed by atoms with Gasteiger partial charge in [-0.3, -0.25) is 9.20 Å². The van der Waals surface area contributed by atoms with Gasteiger partial charge in [-0.05, 0) is 11.6 Å². The molecule has 3 rings (SSSR count). The number of carbonyl (C=O) groups is 1. The minimum Gasteiger partial charge on any atom is -0.491 e. The van der Waals surface area contributed by atoms with E-state index in [1.54, 1.807) is 0 Å². The molecule has 1 aliphatic rings. The predicted molar refractivity (Wildman–Crippen MR) is 64.5 cm³/mol. The molecule has 0 spiro atoms. The average Bonchev–Trinajstić information content (AvgIpc) is 2.35. The number of nitrogens with zero attached hydrogens (tertiary/aromatic N) is 1. The van der Waals surface area contributed by atoms with Crippen molar-refractivity contribution < 1.29 is 19.0 Å². The van der Waals surface area contributed by atoms with Crippen LogP contribution in [0.2, 0.25) is 0 Å². The maximum absolute atomic E-state index is 13.5. The zero-order valence-corrected chi connectivity index (χ0v) is 10.0. The molecule has 1 atom stereocenters. The van der Waals surface area contributed by atoms with Crippen LogP contribution in [0.5, 0.6) is 5.75 Å². The van der Waals surface area contributed by atoms with E-state index in [0.717, 1.165) is 10.6 Å². The monoisotopic (exact) mass is 263 g/mol. The van der Waals surface area contributed by atoms with E-state index in [4.69, 9.17) is 9.84 Å². The Morgan fingerprint density at radius 3 is 2.95 bits per heavy atom. The maximum Gasteiger partial charge on any atom is 0.341 e. The van der Waals surface area contributed by atoms with Crippen molar-refractivity contribution in [3.63, 3.8) is 0 Å². The Labute approximate surface area is 106 Å². The van der Waals surface area contributed by atoms with Crippen molar-refractivity contribution in [2.24, 2.45) is 0 Å². The summed E-state index contributed by atoms with van der Waals surface area (Å²) in [6.07, 6.45) is 0.985. The Balaban J connectivity index is 2.53. The number of pyridine rings is 2. The summed E-state index contributed by atoms with van der Waals surface area (Å²) >= 11 is 0. The Bertz CT molecular complexity index is 765. The number of hydrogen-bond donors (Lipinski definition) is 1. The molecule has 0 saturated carbocycles. The van der Waals surface area contributed by atoms with E-state index in [1.807, 2.05) is 6.92 Å².